The van der Waals surface area contributed by atoms with Crippen molar-refractivity contribution in [2.75, 3.05) is 0 Å². The second kappa shape index (κ2) is 4.49. The van der Waals surface area contributed by atoms with Crippen LogP contribution in [-0.4, -0.2) is 5.60 Å². The third kappa shape index (κ3) is 4.17. The van der Waals surface area contributed by atoms with Crippen molar-refractivity contribution >= 4 is 5.70 Å². The smallest absolute Gasteiger partial charge is 0.0724 e. The maximum Gasteiger partial charge on any atom is 0.0724 e. The number of ether oxygens (including phenoxy) is 1. The van der Waals surface area contributed by atoms with Crippen molar-refractivity contribution in [1.82, 2.24) is 0 Å². The van der Waals surface area contributed by atoms with Gasteiger partial charge in [0.1, 0.15) is 0 Å². The molecule has 0 saturated carbocycles. The van der Waals surface area contributed by atoms with Gasteiger partial charge < -0.3 is 10.5 Å². The summed E-state index contributed by atoms with van der Waals surface area (Å²) in [6.45, 7) is 10.4. The fourth-order valence-corrected chi connectivity index (χ4v) is 1.16. The van der Waals surface area contributed by atoms with Gasteiger partial charge in [-0.15, -0.1) is 0 Å². The standard InChI is InChI=1S/C13H19NO/c1-10(14)12-7-5-6-11(8-12)9-15-13(2,3)4/h5-8H,1,9,14H2,2-4H3. The van der Waals surface area contributed by atoms with Gasteiger partial charge in [-0.3, -0.25) is 0 Å². The van der Waals surface area contributed by atoms with Crippen LogP contribution in [0.1, 0.15) is 31.9 Å². The number of nitrogens with two attached hydrogens (primary N) is 1. The number of hydrogen-bond donors (Lipinski definition) is 1. The molecule has 82 valence electrons. The Labute approximate surface area is 91.7 Å². The Morgan fingerprint density at radius 2 is 2.07 bits per heavy atom. The molecule has 0 fully saturated rings. The van der Waals surface area contributed by atoms with Gasteiger partial charge in [-0.25, -0.2) is 0 Å². The van der Waals surface area contributed by atoms with Crippen LogP contribution in [0.4, 0.5) is 0 Å². The number of rotatable bonds is 3. The van der Waals surface area contributed by atoms with Crippen LogP contribution >= 0.6 is 0 Å². The third-order valence-electron chi connectivity index (χ3n) is 1.97. The van der Waals surface area contributed by atoms with Crippen LogP contribution in [0.2, 0.25) is 0 Å². The molecule has 0 radical (unpaired) electrons. The Hall–Kier alpha value is -1.28. The van der Waals surface area contributed by atoms with Crippen LogP contribution in [0.25, 0.3) is 5.70 Å². The third-order valence-corrected chi connectivity index (χ3v) is 1.97. The summed E-state index contributed by atoms with van der Waals surface area (Å²) in [5, 5.41) is 0. The average Bonchev–Trinajstić information content (AvgIpc) is 2.14. The second-order valence-corrected chi connectivity index (χ2v) is 4.63. The summed E-state index contributed by atoms with van der Waals surface area (Å²) in [4.78, 5) is 0. The molecule has 0 atom stereocenters. The van der Waals surface area contributed by atoms with E-state index in [1.54, 1.807) is 0 Å². The first-order chi connectivity index (χ1) is 6.88. The maximum atomic E-state index is 5.68. The molecule has 0 heterocycles. The molecule has 0 amide bonds. The molecule has 0 bridgehead atoms. The largest absolute Gasteiger partial charge is 0.399 e. The Kier molecular flexibility index (Phi) is 3.53. The molecule has 0 aromatic heterocycles. The van der Waals surface area contributed by atoms with Crippen LogP contribution in [0.15, 0.2) is 30.8 Å². The SMILES string of the molecule is C=C(N)c1cccc(COC(C)(C)C)c1. The van der Waals surface area contributed by atoms with Gasteiger partial charge in [0.25, 0.3) is 0 Å². The Balaban J connectivity index is 2.70. The quantitative estimate of drug-likeness (QED) is 0.823. The lowest BCUT2D eigenvalue weighted by Gasteiger charge is -2.19. The molecular weight excluding hydrogens is 186 g/mol. The summed E-state index contributed by atoms with van der Waals surface area (Å²) in [5.74, 6) is 0. The fourth-order valence-electron chi connectivity index (χ4n) is 1.16. The molecule has 1 aromatic rings. The normalized spacial score (nSPS) is 11.4. The lowest BCUT2D eigenvalue weighted by atomic mass is 10.1. The zero-order valence-corrected chi connectivity index (χ0v) is 9.71. The van der Waals surface area contributed by atoms with Gasteiger partial charge >= 0.3 is 0 Å². The summed E-state index contributed by atoms with van der Waals surface area (Å²) in [7, 11) is 0. The van der Waals surface area contributed by atoms with Gasteiger partial charge in [0.2, 0.25) is 0 Å². The van der Waals surface area contributed by atoms with E-state index in [9.17, 15) is 0 Å². The van der Waals surface area contributed by atoms with Crippen LogP contribution in [0, 0.1) is 0 Å². The van der Waals surface area contributed by atoms with Gasteiger partial charge in [0, 0.05) is 5.70 Å². The highest BCUT2D eigenvalue weighted by molar-refractivity contribution is 5.60. The molecule has 0 unspecified atom stereocenters. The summed E-state index contributed by atoms with van der Waals surface area (Å²) >= 11 is 0. The molecule has 15 heavy (non-hydrogen) atoms. The predicted octanol–water partition coefficient (Wildman–Crippen LogP) is 2.93. The van der Waals surface area contributed by atoms with Crippen LogP contribution in [0.3, 0.4) is 0 Å². The van der Waals surface area contributed by atoms with E-state index in [-0.39, 0.29) is 5.60 Å². The maximum absolute atomic E-state index is 5.68. The summed E-state index contributed by atoms with van der Waals surface area (Å²) in [5.41, 5.74) is 8.19. The highest BCUT2D eigenvalue weighted by Gasteiger charge is 2.10. The highest BCUT2D eigenvalue weighted by Crippen LogP contribution is 2.14. The Bertz CT molecular complexity index is 350. The van der Waals surface area contributed by atoms with Gasteiger partial charge in [-0.1, -0.05) is 24.8 Å². The van der Waals surface area contributed by atoms with Crippen LogP contribution < -0.4 is 5.73 Å². The van der Waals surface area contributed by atoms with Gasteiger partial charge in [0.05, 0.1) is 12.2 Å². The van der Waals surface area contributed by atoms with E-state index in [0.717, 1.165) is 11.1 Å². The van der Waals surface area contributed by atoms with Crippen molar-refractivity contribution in [2.45, 2.75) is 33.0 Å². The van der Waals surface area contributed by atoms with E-state index in [4.69, 9.17) is 10.5 Å². The van der Waals surface area contributed by atoms with Crippen LogP contribution in [-0.2, 0) is 11.3 Å². The van der Waals surface area contributed by atoms with E-state index in [2.05, 4.69) is 6.58 Å². The first kappa shape index (κ1) is 11.8. The molecule has 2 nitrogen and oxygen atoms in total. The number of benzene rings is 1. The van der Waals surface area contributed by atoms with Gasteiger partial charge in [-0.2, -0.15) is 0 Å². The van der Waals surface area contributed by atoms with Gasteiger partial charge in [-0.05, 0) is 38.0 Å². The van der Waals surface area contributed by atoms with Crippen molar-refractivity contribution in [3.05, 3.63) is 42.0 Å². The fraction of sp³-hybridized carbons (Fsp3) is 0.385. The van der Waals surface area contributed by atoms with Gasteiger partial charge in [0.15, 0.2) is 0 Å². The molecule has 0 saturated heterocycles. The van der Waals surface area contributed by atoms with E-state index in [1.807, 2.05) is 45.0 Å². The average molecular weight is 205 g/mol. The Morgan fingerprint density at radius 1 is 1.40 bits per heavy atom. The molecule has 0 aliphatic rings. The zero-order chi connectivity index (χ0) is 11.5. The molecule has 0 aliphatic carbocycles. The molecule has 1 aromatic carbocycles. The zero-order valence-electron chi connectivity index (χ0n) is 9.71. The minimum atomic E-state index is -0.115. The highest BCUT2D eigenvalue weighted by atomic mass is 16.5. The van der Waals surface area contributed by atoms with Crippen molar-refractivity contribution < 1.29 is 4.74 Å². The first-order valence-corrected chi connectivity index (χ1v) is 5.06. The first-order valence-electron chi connectivity index (χ1n) is 5.06. The van der Waals surface area contributed by atoms with E-state index in [0.29, 0.717) is 12.3 Å². The van der Waals surface area contributed by atoms with Crippen molar-refractivity contribution in [1.29, 1.82) is 0 Å². The van der Waals surface area contributed by atoms with Crippen molar-refractivity contribution in [2.24, 2.45) is 5.73 Å². The molecule has 0 aliphatic heterocycles. The molecule has 2 N–H and O–H groups in total. The molecule has 0 spiro atoms. The minimum Gasteiger partial charge on any atom is -0.399 e. The summed E-state index contributed by atoms with van der Waals surface area (Å²) in [6.07, 6.45) is 0. The van der Waals surface area contributed by atoms with E-state index < -0.39 is 0 Å². The molecule has 2 heteroatoms. The van der Waals surface area contributed by atoms with E-state index in [1.165, 1.54) is 0 Å². The summed E-state index contributed by atoms with van der Waals surface area (Å²) in [6, 6.07) is 7.95. The Morgan fingerprint density at radius 3 is 2.60 bits per heavy atom. The van der Waals surface area contributed by atoms with Crippen LogP contribution in [0.5, 0.6) is 0 Å². The molecule has 1 rings (SSSR count). The predicted molar refractivity (Wildman–Crippen MR) is 64.2 cm³/mol. The summed E-state index contributed by atoms with van der Waals surface area (Å²) < 4.78 is 5.68. The van der Waals surface area contributed by atoms with Crippen molar-refractivity contribution in [3.8, 4) is 0 Å². The lowest BCUT2D eigenvalue weighted by molar-refractivity contribution is -0.0149. The lowest BCUT2D eigenvalue weighted by Crippen LogP contribution is -2.18. The topological polar surface area (TPSA) is 35.2 Å². The van der Waals surface area contributed by atoms with E-state index >= 15 is 0 Å². The minimum absolute atomic E-state index is 0.115. The molecular formula is C13H19NO. The second-order valence-electron chi connectivity index (χ2n) is 4.63. The van der Waals surface area contributed by atoms with Crippen molar-refractivity contribution in [3.63, 3.8) is 0 Å². The monoisotopic (exact) mass is 205 g/mol. The number of hydrogen-bond acceptors (Lipinski definition) is 2.